The minimum Gasteiger partial charge on any atom is -0.502 e. The number of phenolic OH excluding ortho intramolecular Hbond substituents is 1. The van der Waals surface area contributed by atoms with Gasteiger partial charge >= 0.3 is 5.69 Å². The van der Waals surface area contributed by atoms with Crippen LogP contribution < -0.4 is 5.32 Å². The number of aromatic hydroxyl groups is 1. The highest BCUT2D eigenvalue weighted by Gasteiger charge is 2.24. The van der Waals surface area contributed by atoms with Crippen molar-refractivity contribution in [3.05, 3.63) is 62.7 Å². The zero-order valence-corrected chi connectivity index (χ0v) is 11.8. The number of carbonyl (C=O) groups is 1. The predicted octanol–water partition coefficient (Wildman–Crippen LogP) is 3.45. The first-order valence-electron chi connectivity index (χ1n) is 6.26. The molecule has 1 heterocycles. The molecule has 0 radical (unpaired) electrons. The van der Waals surface area contributed by atoms with Gasteiger partial charge in [0.2, 0.25) is 0 Å². The Labute approximate surface area is 129 Å². The molecular weight excluding hydrogens is 308 g/mol. The second kappa shape index (κ2) is 5.16. The van der Waals surface area contributed by atoms with Crippen LogP contribution >= 0.6 is 11.6 Å². The normalized spacial score (nSPS) is 14.8. The first kappa shape index (κ1) is 14.1. The number of nitrogens with zero attached hydrogens (tertiary/aromatic N) is 1. The highest BCUT2D eigenvalue weighted by Crippen LogP contribution is 2.36. The molecule has 3 rings (SSSR count). The van der Waals surface area contributed by atoms with Crippen molar-refractivity contribution in [1.29, 1.82) is 0 Å². The Balaban J connectivity index is 2.09. The Morgan fingerprint density at radius 1 is 1.23 bits per heavy atom. The molecule has 0 aromatic heterocycles. The molecule has 0 saturated heterocycles. The SMILES string of the molecule is O=C1Nc2cc(Cl)ccc2C1=Cc1ccc(O)c([N+](=O)[O-])c1. The summed E-state index contributed by atoms with van der Waals surface area (Å²) in [6.07, 6.45) is 1.53. The number of carbonyl (C=O) groups excluding carboxylic acids is 1. The van der Waals surface area contributed by atoms with Crippen molar-refractivity contribution < 1.29 is 14.8 Å². The summed E-state index contributed by atoms with van der Waals surface area (Å²) in [5.74, 6) is -0.733. The second-order valence-electron chi connectivity index (χ2n) is 4.71. The third kappa shape index (κ3) is 2.40. The van der Waals surface area contributed by atoms with Crippen LogP contribution in [0.25, 0.3) is 11.6 Å². The molecule has 2 aromatic carbocycles. The van der Waals surface area contributed by atoms with Gasteiger partial charge in [-0.1, -0.05) is 23.7 Å². The topological polar surface area (TPSA) is 92.5 Å². The fourth-order valence-corrected chi connectivity index (χ4v) is 2.43. The molecular formula is C15H9ClN2O4. The van der Waals surface area contributed by atoms with E-state index in [2.05, 4.69) is 5.32 Å². The Hall–Kier alpha value is -2.86. The van der Waals surface area contributed by atoms with Gasteiger partial charge in [0.15, 0.2) is 5.75 Å². The Kier molecular flexibility index (Phi) is 3.30. The van der Waals surface area contributed by atoms with Crippen molar-refractivity contribution in [2.45, 2.75) is 0 Å². The largest absolute Gasteiger partial charge is 0.502 e. The van der Waals surface area contributed by atoms with Crippen LogP contribution in [0.5, 0.6) is 5.75 Å². The first-order valence-corrected chi connectivity index (χ1v) is 6.64. The average molecular weight is 317 g/mol. The number of halogens is 1. The maximum absolute atomic E-state index is 12.0. The number of fused-ring (bicyclic) bond motifs is 1. The second-order valence-corrected chi connectivity index (χ2v) is 5.14. The minimum atomic E-state index is -0.681. The number of hydrogen-bond acceptors (Lipinski definition) is 4. The summed E-state index contributed by atoms with van der Waals surface area (Å²) in [4.78, 5) is 22.2. The summed E-state index contributed by atoms with van der Waals surface area (Å²) in [6, 6.07) is 8.93. The molecule has 0 spiro atoms. The third-order valence-corrected chi connectivity index (χ3v) is 3.51. The van der Waals surface area contributed by atoms with Crippen LogP contribution in [0.2, 0.25) is 5.02 Å². The summed E-state index contributed by atoms with van der Waals surface area (Å²) in [5.41, 5.74) is 1.68. The van der Waals surface area contributed by atoms with Crippen molar-refractivity contribution in [2.24, 2.45) is 0 Å². The van der Waals surface area contributed by atoms with Crippen molar-refractivity contribution in [2.75, 3.05) is 5.32 Å². The lowest BCUT2D eigenvalue weighted by atomic mass is 10.0. The van der Waals surface area contributed by atoms with Gasteiger partial charge < -0.3 is 10.4 Å². The fourth-order valence-electron chi connectivity index (χ4n) is 2.25. The molecule has 1 amide bonds. The molecule has 0 bridgehead atoms. The van der Waals surface area contributed by atoms with Gasteiger partial charge in [-0.15, -0.1) is 0 Å². The van der Waals surface area contributed by atoms with Gasteiger partial charge in [0.25, 0.3) is 5.91 Å². The molecule has 0 fully saturated rings. The van der Waals surface area contributed by atoms with E-state index in [0.29, 0.717) is 27.4 Å². The molecule has 0 saturated carbocycles. The summed E-state index contributed by atoms with van der Waals surface area (Å²) >= 11 is 5.88. The minimum absolute atomic E-state index is 0.312. The smallest absolute Gasteiger partial charge is 0.311 e. The lowest BCUT2D eigenvalue weighted by Gasteiger charge is -2.01. The van der Waals surface area contributed by atoms with E-state index in [9.17, 15) is 20.0 Å². The first-order chi connectivity index (χ1) is 10.5. The predicted molar refractivity (Wildman–Crippen MR) is 82.7 cm³/mol. The fraction of sp³-hybridized carbons (Fsp3) is 0. The van der Waals surface area contributed by atoms with E-state index in [1.807, 2.05) is 0 Å². The summed E-state index contributed by atoms with van der Waals surface area (Å²) in [5, 5.41) is 23.5. The number of nitro benzene ring substituents is 1. The van der Waals surface area contributed by atoms with E-state index in [1.165, 1.54) is 24.3 Å². The summed E-state index contributed by atoms with van der Waals surface area (Å²) in [6.45, 7) is 0. The Morgan fingerprint density at radius 2 is 2.00 bits per heavy atom. The molecule has 0 unspecified atom stereocenters. The van der Waals surface area contributed by atoms with Crippen LogP contribution in [-0.4, -0.2) is 15.9 Å². The quantitative estimate of drug-likeness (QED) is 0.504. The van der Waals surface area contributed by atoms with Crippen molar-refractivity contribution in [1.82, 2.24) is 0 Å². The molecule has 110 valence electrons. The molecule has 6 nitrogen and oxygen atoms in total. The molecule has 2 N–H and O–H groups in total. The van der Waals surface area contributed by atoms with Gasteiger partial charge in [0, 0.05) is 22.2 Å². The molecule has 22 heavy (non-hydrogen) atoms. The number of nitrogens with one attached hydrogen (secondary N) is 1. The van der Waals surface area contributed by atoms with Crippen LogP contribution in [0.1, 0.15) is 11.1 Å². The van der Waals surface area contributed by atoms with Crippen molar-refractivity contribution >= 4 is 40.5 Å². The summed E-state index contributed by atoms with van der Waals surface area (Å²) in [7, 11) is 0. The highest BCUT2D eigenvalue weighted by molar-refractivity contribution is 6.36. The number of anilines is 1. The van der Waals surface area contributed by atoms with E-state index in [1.54, 1.807) is 18.2 Å². The maximum Gasteiger partial charge on any atom is 0.311 e. The molecule has 7 heteroatoms. The van der Waals surface area contributed by atoms with E-state index in [4.69, 9.17) is 11.6 Å². The molecule has 1 aliphatic heterocycles. The van der Waals surface area contributed by atoms with E-state index in [-0.39, 0.29) is 5.91 Å². The molecule has 0 atom stereocenters. The lowest BCUT2D eigenvalue weighted by Crippen LogP contribution is -2.03. The lowest BCUT2D eigenvalue weighted by molar-refractivity contribution is -0.385. The Bertz CT molecular complexity index is 845. The third-order valence-electron chi connectivity index (χ3n) is 3.27. The van der Waals surface area contributed by atoms with Gasteiger partial charge in [-0.05, 0) is 29.8 Å². The van der Waals surface area contributed by atoms with Crippen molar-refractivity contribution in [3.8, 4) is 5.75 Å². The van der Waals surface area contributed by atoms with Gasteiger partial charge in [0.05, 0.1) is 10.6 Å². The number of phenols is 1. The zero-order chi connectivity index (χ0) is 15.9. The van der Waals surface area contributed by atoms with Crippen LogP contribution in [0.15, 0.2) is 36.4 Å². The van der Waals surface area contributed by atoms with Gasteiger partial charge in [-0.25, -0.2) is 0 Å². The van der Waals surface area contributed by atoms with Gasteiger partial charge in [0.1, 0.15) is 0 Å². The highest BCUT2D eigenvalue weighted by atomic mass is 35.5. The number of benzene rings is 2. The summed E-state index contributed by atoms with van der Waals surface area (Å²) < 4.78 is 0. The van der Waals surface area contributed by atoms with Crippen LogP contribution in [-0.2, 0) is 4.79 Å². The van der Waals surface area contributed by atoms with E-state index < -0.39 is 16.4 Å². The zero-order valence-electron chi connectivity index (χ0n) is 11.0. The molecule has 1 aliphatic rings. The van der Waals surface area contributed by atoms with Gasteiger partial charge in [-0.3, -0.25) is 14.9 Å². The number of rotatable bonds is 2. The maximum atomic E-state index is 12.0. The van der Waals surface area contributed by atoms with Crippen molar-refractivity contribution in [3.63, 3.8) is 0 Å². The average Bonchev–Trinajstić information content (AvgIpc) is 2.76. The van der Waals surface area contributed by atoms with Crippen LogP contribution in [0, 0.1) is 10.1 Å². The van der Waals surface area contributed by atoms with Crippen LogP contribution in [0.4, 0.5) is 11.4 Å². The Morgan fingerprint density at radius 3 is 2.73 bits per heavy atom. The number of amides is 1. The van der Waals surface area contributed by atoms with E-state index >= 15 is 0 Å². The van der Waals surface area contributed by atoms with E-state index in [0.717, 1.165) is 0 Å². The monoisotopic (exact) mass is 316 g/mol. The van der Waals surface area contributed by atoms with Gasteiger partial charge in [-0.2, -0.15) is 0 Å². The molecule has 2 aromatic rings. The molecule has 0 aliphatic carbocycles. The standard InChI is InChI=1S/C15H9ClN2O4/c16-9-2-3-10-11(15(20)17-12(10)7-9)5-8-1-4-14(19)13(6-8)18(21)22/h1-7,19H,(H,17,20). The number of nitro groups is 1. The van der Waals surface area contributed by atoms with Crippen LogP contribution in [0.3, 0.4) is 0 Å². The number of hydrogen-bond donors (Lipinski definition) is 2.